The molecule has 0 spiro atoms. The molecule has 0 fully saturated rings. The lowest BCUT2D eigenvalue weighted by Crippen LogP contribution is -2.32. The molecule has 1 amide bonds. The molecule has 2 aromatic rings. The molecule has 6 heteroatoms. The Morgan fingerprint density at radius 2 is 2.15 bits per heavy atom. The SMILES string of the molecule is CCC(C)NC(=O)c1ccn(Cn2nc(C)cc2C)n1. The Morgan fingerprint density at radius 3 is 2.75 bits per heavy atom. The largest absolute Gasteiger partial charge is 0.348 e. The lowest BCUT2D eigenvalue weighted by molar-refractivity contribution is 0.0933. The monoisotopic (exact) mass is 275 g/mol. The van der Waals surface area contributed by atoms with Gasteiger partial charge in [0.2, 0.25) is 0 Å². The van der Waals surface area contributed by atoms with Crippen molar-refractivity contribution in [3.63, 3.8) is 0 Å². The zero-order chi connectivity index (χ0) is 14.7. The number of aromatic nitrogens is 4. The van der Waals surface area contributed by atoms with E-state index in [0.29, 0.717) is 12.4 Å². The molecule has 0 radical (unpaired) electrons. The zero-order valence-corrected chi connectivity index (χ0v) is 12.4. The molecule has 0 aliphatic heterocycles. The van der Waals surface area contributed by atoms with E-state index in [2.05, 4.69) is 15.5 Å². The maximum absolute atomic E-state index is 11.9. The number of nitrogens with one attached hydrogen (secondary N) is 1. The summed E-state index contributed by atoms with van der Waals surface area (Å²) in [6.45, 7) is 8.48. The van der Waals surface area contributed by atoms with Gasteiger partial charge in [0.15, 0.2) is 0 Å². The fourth-order valence-electron chi connectivity index (χ4n) is 1.92. The summed E-state index contributed by atoms with van der Waals surface area (Å²) in [5.74, 6) is -0.133. The Hall–Kier alpha value is -2.11. The Morgan fingerprint density at radius 1 is 1.40 bits per heavy atom. The summed E-state index contributed by atoms with van der Waals surface area (Å²) >= 11 is 0. The van der Waals surface area contributed by atoms with Crippen molar-refractivity contribution in [2.45, 2.75) is 46.8 Å². The van der Waals surface area contributed by atoms with Crippen molar-refractivity contribution in [1.82, 2.24) is 24.9 Å². The number of rotatable bonds is 5. The van der Waals surface area contributed by atoms with Crippen LogP contribution in [0, 0.1) is 13.8 Å². The molecule has 20 heavy (non-hydrogen) atoms. The van der Waals surface area contributed by atoms with Crippen molar-refractivity contribution in [3.05, 3.63) is 35.4 Å². The Labute approximate surface area is 118 Å². The number of amides is 1. The zero-order valence-electron chi connectivity index (χ0n) is 12.4. The minimum atomic E-state index is -0.133. The summed E-state index contributed by atoms with van der Waals surface area (Å²) in [5, 5.41) is 11.6. The van der Waals surface area contributed by atoms with E-state index in [0.717, 1.165) is 17.8 Å². The number of nitrogens with zero attached hydrogens (tertiary/aromatic N) is 4. The first-order valence-corrected chi connectivity index (χ1v) is 6.85. The molecule has 1 unspecified atom stereocenters. The van der Waals surface area contributed by atoms with Crippen molar-refractivity contribution in [2.24, 2.45) is 0 Å². The molecule has 2 rings (SSSR count). The standard InChI is InChI=1S/C14H21N5O/c1-5-10(2)15-14(20)13-6-7-18(17-13)9-19-12(4)8-11(3)16-19/h6-8,10H,5,9H2,1-4H3,(H,15,20). The molecule has 2 aromatic heterocycles. The van der Waals surface area contributed by atoms with Crippen molar-refractivity contribution >= 4 is 5.91 Å². The smallest absolute Gasteiger partial charge is 0.271 e. The lowest BCUT2D eigenvalue weighted by Gasteiger charge is -2.09. The van der Waals surface area contributed by atoms with Crippen molar-refractivity contribution in [2.75, 3.05) is 0 Å². The predicted molar refractivity (Wildman–Crippen MR) is 76.5 cm³/mol. The van der Waals surface area contributed by atoms with E-state index in [1.807, 2.05) is 38.4 Å². The molecule has 1 N–H and O–H groups in total. The van der Waals surface area contributed by atoms with Crippen molar-refractivity contribution in [3.8, 4) is 0 Å². The van der Waals surface area contributed by atoms with E-state index < -0.39 is 0 Å². The maximum atomic E-state index is 11.9. The molecule has 0 aliphatic carbocycles. The van der Waals surface area contributed by atoms with Crippen LogP contribution in [0.3, 0.4) is 0 Å². The van der Waals surface area contributed by atoms with Gasteiger partial charge in [-0.1, -0.05) is 6.92 Å². The third-order valence-electron chi connectivity index (χ3n) is 3.25. The van der Waals surface area contributed by atoms with Crippen LogP contribution in [-0.2, 0) is 6.67 Å². The van der Waals surface area contributed by atoms with Crippen molar-refractivity contribution < 1.29 is 4.79 Å². The van der Waals surface area contributed by atoms with Gasteiger partial charge >= 0.3 is 0 Å². The van der Waals surface area contributed by atoms with Gasteiger partial charge in [0.05, 0.1) is 5.69 Å². The van der Waals surface area contributed by atoms with Gasteiger partial charge in [0.25, 0.3) is 5.91 Å². The van der Waals surface area contributed by atoms with Crippen LogP contribution in [0.25, 0.3) is 0 Å². The first-order chi connectivity index (χ1) is 9.49. The molecule has 0 saturated carbocycles. The molecular formula is C14H21N5O. The fraction of sp³-hybridized carbons (Fsp3) is 0.500. The summed E-state index contributed by atoms with van der Waals surface area (Å²) in [7, 11) is 0. The number of carbonyl (C=O) groups excluding carboxylic acids is 1. The third-order valence-corrected chi connectivity index (χ3v) is 3.25. The van der Waals surface area contributed by atoms with Gasteiger partial charge in [-0.15, -0.1) is 0 Å². The Balaban J connectivity index is 2.05. The van der Waals surface area contributed by atoms with Gasteiger partial charge in [-0.05, 0) is 39.3 Å². The average molecular weight is 275 g/mol. The van der Waals surface area contributed by atoms with Gasteiger partial charge in [0.1, 0.15) is 12.4 Å². The number of aryl methyl sites for hydroxylation is 2. The molecule has 0 saturated heterocycles. The minimum absolute atomic E-state index is 0.133. The summed E-state index contributed by atoms with van der Waals surface area (Å²) in [6, 6.07) is 3.90. The highest BCUT2D eigenvalue weighted by molar-refractivity contribution is 5.92. The summed E-state index contributed by atoms with van der Waals surface area (Å²) in [6.07, 6.45) is 2.69. The molecule has 1 atom stereocenters. The topological polar surface area (TPSA) is 64.7 Å². The van der Waals surface area contributed by atoms with E-state index in [1.165, 1.54) is 0 Å². The van der Waals surface area contributed by atoms with Gasteiger partial charge < -0.3 is 5.32 Å². The highest BCUT2D eigenvalue weighted by Gasteiger charge is 2.12. The highest BCUT2D eigenvalue weighted by atomic mass is 16.2. The van der Waals surface area contributed by atoms with Crippen LogP contribution >= 0.6 is 0 Å². The van der Waals surface area contributed by atoms with Crippen LogP contribution in [0.2, 0.25) is 0 Å². The second-order valence-electron chi connectivity index (χ2n) is 5.09. The predicted octanol–water partition coefficient (Wildman–Crippen LogP) is 1.73. The molecule has 6 nitrogen and oxygen atoms in total. The molecule has 108 valence electrons. The molecule has 2 heterocycles. The van der Waals surface area contributed by atoms with Crippen molar-refractivity contribution in [1.29, 1.82) is 0 Å². The Kier molecular flexibility index (Phi) is 4.22. The van der Waals surface area contributed by atoms with Crippen LogP contribution in [-0.4, -0.2) is 31.5 Å². The van der Waals surface area contributed by atoms with E-state index in [1.54, 1.807) is 16.9 Å². The molecule has 0 aliphatic rings. The van der Waals surface area contributed by atoms with Gasteiger partial charge in [-0.25, -0.2) is 4.68 Å². The second-order valence-corrected chi connectivity index (χ2v) is 5.09. The van der Waals surface area contributed by atoms with Gasteiger partial charge in [-0.3, -0.25) is 9.48 Å². The molecule has 0 bridgehead atoms. The lowest BCUT2D eigenvalue weighted by atomic mass is 10.2. The highest BCUT2D eigenvalue weighted by Crippen LogP contribution is 2.03. The van der Waals surface area contributed by atoms with Gasteiger partial charge in [-0.2, -0.15) is 10.2 Å². The summed E-state index contributed by atoms with van der Waals surface area (Å²) in [4.78, 5) is 11.9. The Bertz CT molecular complexity index is 598. The first-order valence-electron chi connectivity index (χ1n) is 6.85. The number of carbonyl (C=O) groups is 1. The van der Waals surface area contributed by atoms with Crippen LogP contribution < -0.4 is 5.32 Å². The molecule has 0 aromatic carbocycles. The second kappa shape index (κ2) is 5.90. The van der Waals surface area contributed by atoms with Crippen LogP contribution in [0.15, 0.2) is 18.3 Å². The van der Waals surface area contributed by atoms with E-state index in [4.69, 9.17) is 0 Å². The van der Waals surface area contributed by atoms with Crippen LogP contribution in [0.5, 0.6) is 0 Å². The first kappa shape index (κ1) is 14.3. The van der Waals surface area contributed by atoms with Crippen LogP contribution in [0.1, 0.15) is 42.1 Å². The van der Waals surface area contributed by atoms with E-state index in [-0.39, 0.29) is 11.9 Å². The molecular weight excluding hydrogens is 254 g/mol. The number of hydrogen-bond donors (Lipinski definition) is 1. The van der Waals surface area contributed by atoms with Gasteiger partial charge in [0, 0.05) is 17.9 Å². The third kappa shape index (κ3) is 3.26. The van der Waals surface area contributed by atoms with E-state index >= 15 is 0 Å². The number of hydrogen-bond acceptors (Lipinski definition) is 3. The summed E-state index contributed by atoms with van der Waals surface area (Å²) in [5.41, 5.74) is 2.49. The minimum Gasteiger partial charge on any atom is -0.348 e. The average Bonchev–Trinajstić information content (AvgIpc) is 2.97. The quantitative estimate of drug-likeness (QED) is 0.903. The summed E-state index contributed by atoms with van der Waals surface area (Å²) < 4.78 is 3.57. The fourth-order valence-corrected chi connectivity index (χ4v) is 1.92. The van der Waals surface area contributed by atoms with Crippen LogP contribution in [0.4, 0.5) is 0 Å². The van der Waals surface area contributed by atoms with E-state index in [9.17, 15) is 4.79 Å². The normalized spacial score (nSPS) is 12.4. The maximum Gasteiger partial charge on any atom is 0.271 e.